The second-order valence-corrected chi connectivity index (χ2v) is 6.92. The van der Waals surface area contributed by atoms with Crippen molar-refractivity contribution in [2.45, 2.75) is 13.1 Å². The summed E-state index contributed by atoms with van der Waals surface area (Å²) in [6.07, 6.45) is 1.46. The number of carbonyl (C=O) groups excluding carboxylic acids is 2. The first-order valence-corrected chi connectivity index (χ1v) is 9.34. The lowest BCUT2D eigenvalue weighted by Gasteiger charge is -2.42. The van der Waals surface area contributed by atoms with E-state index >= 15 is 0 Å². The summed E-state index contributed by atoms with van der Waals surface area (Å²) in [6, 6.07) is 20.2. The number of methoxy groups -OCH3 is 1. The molecule has 142 valence electrons. The standard InChI is InChI=1S/C23H22N2O3/c1-28-23-21-19(14-20(26)22(23)27)24(15-17-8-4-2-5-9-17)12-13-25(21)16-18-10-6-3-7-11-18/h2-11,14H,12-13,15-16H2,1H3. The molecule has 0 saturated carbocycles. The third-order valence-electron chi connectivity index (χ3n) is 5.09. The van der Waals surface area contributed by atoms with E-state index in [9.17, 15) is 9.59 Å². The van der Waals surface area contributed by atoms with Crippen LogP contribution < -0.4 is 0 Å². The number of piperazine rings is 1. The zero-order chi connectivity index (χ0) is 19.5. The van der Waals surface area contributed by atoms with Crippen molar-refractivity contribution in [1.82, 2.24) is 9.80 Å². The molecule has 4 rings (SSSR count). The summed E-state index contributed by atoms with van der Waals surface area (Å²) in [7, 11) is 1.45. The Morgan fingerprint density at radius 2 is 1.36 bits per heavy atom. The molecule has 1 aliphatic carbocycles. The van der Waals surface area contributed by atoms with Crippen LogP contribution in [0.3, 0.4) is 0 Å². The number of hydrogen-bond acceptors (Lipinski definition) is 5. The third-order valence-corrected chi connectivity index (χ3v) is 5.09. The van der Waals surface area contributed by atoms with Gasteiger partial charge in [-0.25, -0.2) is 0 Å². The highest BCUT2D eigenvalue weighted by molar-refractivity contribution is 6.48. The highest BCUT2D eigenvalue weighted by atomic mass is 16.5. The van der Waals surface area contributed by atoms with Gasteiger partial charge >= 0.3 is 0 Å². The second-order valence-electron chi connectivity index (χ2n) is 6.92. The smallest absolute Gasteiger partial charge is 0.269 e. The molecule has 1 fully saturated rings. The first-order valence-electron chi connectivity index (χ1n) is 9.34. The molecule has 0 radical (unpaired) electrons. The van der Waals surface area contributed by atoms with Crippen LogP contribution in [-0.4, -0.2) is 41.6 Å². The Morgan fingerprint density at radius 3 is 1.93 bits per heavy atom. The summed E-state index contributed by atoms with van der Waals surface area (Å²) in [4.78, 5) is 29.0. The number of benzene rings is 2. The van der Waals surface area contributed by atoms with Gasteiger partial charge in [0.1, 0.15) is 5.70 Å². The maximum atomic E-state index is 12.5. The van der Waals surface area contributed by atoms with Crippen molar-refractivity contribution in [2.75, 3.05) is 20.2 Å². The molecule has 0 unspecified atom stereocenters. The molecule has 5 heteroatoms. The molecule has 28 heavy (non-hydrogen) atoms. The Morgan fingerprint density at radius 1 is 0.821 bits per heavy atom. The predicted octanol–water partition coefficient (Wildman–Crippen LogP) is 2.90. The number of hydrogen-bond donors (Lipinski definition) is 0. The van der Waals surface area contributed by atoms with Crippen molar-refractivity contribution in [3.8, 4) is 0 Å². The van der Waals surface area contributed by atoms with Crippen LogP contribution in [0.2, 0.25) is 0 Å². The van der Waals surface area contributed by atoms with Crippen molar-refractivity contribution in [3.05, 3.63) is 95.0 Å². The van der Waals surface area contributed by atoms with Crippen molar-refractivity contribution >= 4 is 11.6 Å². The van der Waals surface area contributed by atoms with E-state index in [0.29, 0.717) is 18.8 Å². The van der Waals surface area contributed by atoms with E-state index in [1.807, 2.05) is 36.4 Å². The molecule has 0 amide bonds. The third kappa shape index (κ3) is 3.43. The Labute approximate surface area is 164 Å². The first kappa shape index (κ1) is 18.0. The van der Waals surface area contributed by atoms with Crippen LogP contribution in [0.5, 0.6) is 0 Å². The Hall–Kier alpha value is -3.34. The zero-order valence-corrected chi connectivity index (χ0v) is 15.8. The monoisotopic (exact) mass is 374 g/mol. The molecule has 0 bridgehead atoms. The molecule has 0 N–H and O–H groups in total. The number of rotatable bonds is 5. The molecule has 5 nitrogen and oxygen atoms in total. The lowest BCUT2D eigenvalue weighted by molar-refractivity contribution is -0.134. The molecule has 2 aromatic carbocycles. The van der Waals surface area contributed by atoms with Gasteiger partial charge in [0.25, 0.3) is 5.78 Å². The van der Waals surface area contributed by atoms with Crippen LogP contribution in [-0.2, 0) is 27.4 Å². The van der Waals surface area contributed by atoms with Gasteiger partial charge in [0, 0.05) is 32.3 Å². The topological polar surface area (TPSA) is 49.9 Å². The number of allylic oxidation sites excluding steroid dienone is 2. The summed E-state index contributed by atoms with van der Waals surface area (Å²) >= 11 is 0. The number of carbonyl (C=O) groups is 2. The molecule has 1 heterocycles. The minimum Gasteiger partial charge on any atom is -0.491 e. The van der Waals surface area contributed by atoms with Crippen LogP contribution in [0, 0.1) is 0 Å². The van der Waals surface area contributed by atoms with Crippen molar-refractivity contribution < 1.29 is 14.3 Å². The maximum Gasteiger partial charge on any atom is 0.269 e. The van der Waals surface area contributed by atoms with Crippen LogP contribution in [0.15, 0.2) is 83.9 Å². The van der Waals surface area contributed by atoms with Crippen molar-refractivity contribution in [3.63, 3.8) is 0 Å². The number of ether oxygens (including phenoxy) is 1. The molecular formula is C23H22N2O3. The average Bonchev–Trinajstić information content (AvgIpc) is 2.72. The van der Waals surface area contributed by atoms with E-state index in [-0.39, 0.29) is 5.76 Å². The average molecular weight is 374 g/mol. The van der Waals surface area contributed by atoms with Gasteiger partial charge < -0.3 is 14.5 Å². The maximum absolute atomic E-state index is 12.5. The molecule has 2 aromatic rings. The summed E-state index contributed by atoms with van der Waals surface area (Å²) in [5.74, 6) is -0.979. The minimum atomic E-state index is -0.583. The normalized spacial score (nSPS) is 16.8. The molecule has 1 saturated heterocycles. The van der Waals surface area contributed by atoms with E-state index in [1.165, 1.54) is 13.2 Å². The number of fused-ring (bicyclic) bond motifs is 1. The van der Waals surface area contributed by atoms with Crippen LogP contribution in [0.1, 0.15) is 11.1 Å². The largest absolute Gasteiger partial charge is 0.491 e. The minimum absolute atomic E-state index is 0.135. The van der Waals surface area contributed by atoms with Gasteiger partial charge in [0.2, 0.25) is 5.78 Å². The zero-order valence-electron chi connectivity index (χ0n) is 15.8. The fraction of sp³-hybridized carbons (Fsp3) is 0.217. The van der Waals surface area contributed by atoms with E-state index in [2.05, 4.69) is 34.1 Å². The predicted molar refractivity (Wildman–Crippen MR) is 106 cm³/mol. The number of nitrogens with zero attached hydrogens (tertiary/aromatic N) is 2. The molecule has 0 atom stereocenters. The number of ketones is 2. The summed E-state index contributed by atoms with van der Waals surface area (Å²) in [5.41, 5.74) is 3.76. The molecule has 2 aliphatic rings. The van der Waals surface area contributed by atoms with Crippen molar-refractivity contribution in [1.29, 1.82) is 0 Å². The second kappa shape index (κ2) is 7.72. The highest BCUT2D eigenvalue weighted by Crippen LogP contribution is 2.33. The lowest BCUT2D eigenvalue weighted by Crippen LogP contribution is -2.46. The lowest BCUT2D eigenvalue weighted by atomic mass is 9.98. The van der Waals surface area contributed by atoms with Gasteiger partial charge in [-0.3, -0.25) is 9.59 Å². The Bertz CT molecular complexity index is 948. The molecule has 1 aliphatic heterocycles. The van der Waals surface area contributed by atoms with E-state index < -0.39 is 11.6 Å². The fourth-order valence-corrected chi connectivity index (χ4v) is 3.73. The van der Waals surface area contributed by atoms with Gasteiger partial charge in [-0.15, -0.1) is 0 Å². The van der Waals surface area contributed by atoms with E-state index in [1.54, 1.807) is 0 Å². The number of Topliss-reactive ketones (excluding diaryl/α,β-unsaturated/α-hetero) is 1. The van der Waals surface area contributed by atoms with Gasteiger partial charge in [-0.2, -0.15) is 0 Å². The highest BCUT2D eigenvalue weighted by Gasteiger charge is 2.37. The van der Waals surface area contributed by atoms with E-state index in [4.69, 9.17) is 4.74 Å². The van der Waals surface area contributed by atoms with Crippen LogP contribution in [0.4, 0.5) is 0 Å². The molecular weight excluding hydrogens is 352 g/mol. The summed E-state index contributed by atoms with van der Waals surface area (Å²) in [6.45, 7) is 2.83. The van der Waals surface area contributed by atoms with Crippen LogP contribution >= 0.6 is 0 Å². The van der Waals surface area contributed by atoms with Crippen LogP contribution in [0.25, 0.3) is 0 Å². The van der Waals surface area contributed by atoms with Gasteiger partial charge in [-0.1, -0.05) is 60.7 Å². The summed E-state index contributed by atoms with van der Waals surface area (Å²) < 4.78 is 5.41. The van der Waals surface area contributed by atoms with Crippen molar-refractivity contribution in [2.24, 2.45) is 0 Å². The Balaban J connectivity index is 1.70. The quantitative estimate of drug-likeness (QED) is 0.595. The Kier molecular flexibility index (Phi) is 4.98. The van der Waals surface area contributed by atoms with Gasteiger partial charge in [0.15, 0.2) is 5.76 Å². The van der Waals surface area contributed by atoms with Gasteiger partial charge in [0.05, 0.1) is 12.8 Å². The fourth-order valence-electron chi connectivity index (χ4n) is 3.73. The summed E-state index contributed by atoms with van der Waals surface area (Å²) in [5, 5.41) is 0. The van der Waals surface area contributed by atoms with E-state index in [0.717, 1.165) is 29.9 Å². The first-order chi connectivity index (χ1) is 13.7. The molecule has 0 aromatic heterocycles. The van der Waals surface area contributed by atoms with Gasteiger partial charge in [-0.05, 0) is 11.1 Å². The SMILES string of the molecule is COC1=C2C(=CC(=O)C1=O)N(Cc1ccccc1)CCN2Cc1ccccc1. The molecule has 0 spiro atoms.